The van der Waals surface area contributed by atoms with Gasteiger partial charge < -0.3 is 0 Å². The van der Waals surface area contributed by atoms with E-state index >= 15 is 0 Å². The quantitative estimate of drug-likeness (QED) is 0.669. The van der Waals surface area contributed by atoms with Gasteiger partial charge in [-0.3, -0.25) is 9.58 Å². The molecule has 4 heteroatoms. The van der Waals surface area contributed by atoms with E-state index in [9.17, 15) is 0 Å². The third kappa shape index (κ3) is 2.23. The Bertz CT molecular complexity index is 284. The second kappa shape index (κ2) is 3.68. The zero-order valence-electron chi connectivity index (χ0n) is 7.78. The van der Waals surface area contributed by atoms with Gasteiger partial charge in [-0.2, -0.15) is 5.10 Å². The van der Waals surface area contributed by atoms with Gasteiger partial charge in [-0.1, -0.05) is 0 Å². The first-order chi connectivity index (χ1) is 6.24. The Morgan fingerprint density at radius 1 is 1.69 bits per heavy atom. The van der Waals surface area contributed by atoms with Crippen molar-refractivity contribution in [3.63, 3.8) is 0 Å². The molecule has 1 aromatic heterocycles. The van der Waals surface area contributed by atoms with Crippen molar-refractivity contribution >= 4 is 11.6 Å². The number of hydrogen-bond donors (Lipinski definition) is 0. The molecule has 1 aliphatic heterocycles. The van der Waals surface area contributed by atoms with E-state index in [-0.39, 0.29) is 0 Å². The van der Waals surface area contributed by atoms with Crippen molar-refractivity contribution in [1.82, 2.24) is 14.7 Å². The molecule has 1 aromatic rings. The number of aromatic nitrogens is 2. The lowest BCUT2D eigenvalue weighted by Gasteiger charge is -2.12. The summed E-state index contributed by atoms with van der Waals surface area (Å²) in [6.45, 7) is 3.03. The second-order valence-electron chi connectivity index (χ2n) is 3.60. The lowest BCUT2D eigenvalue weighted by molar-refractivity contribution is 0.326. The highest BCUT2D eigenvalue weighted by Gasteiger charge is 2.20. The van der Waals surface area contributed by atoms with Crippen molar-refractivity contribution in [2.75, 3.05) is 13.1 Å². The smallest absolute Gasteiger partial charge is 0.0764 e. The number of alkyl halides is 1. The normalized spacial score (nSPS) is 24.0. The Hall–Kier alpha value is -0.540. The molecule has 1 atom stereocenters. The van der Waals surface area contributed by atoms with Crippen LogP contribution in [0.2, 0.25) is 0 Å². The summed E-state index contributed by atoms with van der Waals surface area (Å²) in [5, 5.41) is 4.67. The first-order valence-electron chi connectivity index (χ1n) is 4.59. The second-order valence-corrected chi connectivity index (χ2v) is 4.22. The molecule has 0 radical (unpaired) electrons. The SMILES string of the molecule is Cn1ccc(CN2CCC(Cl)C2)n1. The first kappa shape index (κ1) is 9.03. The van der Waals surface area contributed by atoms with Gasteiger partial charge in [-0.25, -0.2) is 0 Å². The number of nitrogens with zero attached hydrogens (tertiary/aromatic N) is 3. The lowest BCUT2D eigenvalue weighted by Crippen LogP contribution is -2.20. The molecule has 0 amide bonds. The molecular formula is C9H14ClN3. The van der Waals surface area contributed by atoms with Crippen LogP contribution in [0.1, 0.15) is 12.1 Å². The number of hydrogen-bond acceptors (Lipinski definition) is 2. The van der Waals surface area contributed by atoms with Gasteiger partial charge in [0.1, 0.15) is 0 Å². The van der Waals surface area contributed by atoms with Crippen molar-refractivity contribution in [1.29, 1.82) is 0 Å². The van der Waals surface area contributed by atoms with Crippen LogP contribution in [0.25, 0.3) is 0 Å². The highest BCUT2D eigenvalue weighted by atomic mass is 35.5. The molecule has 72 valence electrons. The van der Waals surface area contributed by atoms with Gasteiger partial charge in [0.05, 0.1) is 5.69 Å². The van der Waals surface area contributed by atoms with E-state index in [4.69, 9.17) is 11.6 Å². The zero-order valence-corrected chi connectivity index (χ0v) is 8.54. The summed E-state index contributed by atoms with van der Waals surface area (Å²) in [7, 11) is 1.94. The molecule has 0 N–H and O–H groups in total. The molecule has 2 rings (SSSR count). The summed E-state index contributed by atoms with van der Waals surface area (Å²) >= 11 is 6.01. The summed E-state index contributed by atoms with van der Waals surface area (Å²) in [4.78, 5) is 2.35. The fourth-order valence-electron chi connectivity index (χ4n) is 1.71. The topological polar surface area (TPSA) is 21.1 Å². The summed E-state index contributed by atoms with van der Waals surface area (Å²) in [5.74, 6) is 0. The molecule has 13 heavy (non-hydrogen) atoms. The Labute approximate surface area is 83.3 Å². The number of rotatable bonds is 2. The van der Waals surface area contributed by atoms with E-state index in [0.717, 1.165) is 31.7 Å². The predicted molar refractivity (Wildman–Crippen MR) is 52.7 cm³/mol. The van der Waals surface area contributed by atoms with Gasteiger partial charge in [0, 0.05) is 38.3 Å². The maximum Gasteiger partial charge on any atom is 0.0764 e. The van der Waals surface area contributed by atoms with Crippen LogP contribution in [0.4, 0.5) is 0 Å². The van der Waals surface area contributed by atoms with Gasteiger partial charge in [0.2, 0.25) is 0 Å². The molecule has 1 saturated heterocycles. The van der Waals surface area contributed by atoms with E-state index in [0.29, 0.717) is 5.38 Å². The van der Waals surface area contributed by atoms with E-state index in [1.54, 1.807) is 0 Å². The van der Waals surface area contributed by atoms with Crippen LogP contribution >= 0.6 is 11.6 Å². The minimum absolute atomic E-state index is 0.337. The maximum absolute atomic E-state index is 6.01. The monoisotopic (exact) mass is 199 g/mol. The fraction of sp³-hybridized carbons (Fsp3) is 0.667. The van der Waals surface area contributed by atoms with Crippen LogP contribution < -0.4 is 0 Å². The van der Waals surface area contributed by atoms with Crippen LogP contribution in [-0.2, 0) is 13.6 Å². The molecular weight excluding hydrogens is 186 g/mol. The highest BCUT2D eigenvalue weighted by molar-refractivity contribution is 6.20. The van der Waals surface area contributed by atoms with Gasteiger partial charge in [0.25, 0.3) is 0 Å². The Morgan fingerprint density at radius 3 is 3.08 bits per heavy atom. The van der Waals surface area contributed by atoms with Crippen LogP contribution in [0.5, 0.6) is 0 Å². The van der Waals surface area contributed by atoms with Crippen molar-refractivity contribution in [3.05, 3.63) is 18.0 Å². The van der Waals surface area contributed by atoms with E-state index in [2.05, 4.69) is 16.1 Å². The molecule has 0 saturated carbocycles. The number of halogens is 1. The van der Waals surface area contributed by atoms with Gasteiger partial charge in [-0.15, -0.1) is 11.6 Å². The summed E-state index contributed by atoms with van der Waals surface area (Å²) in [6.07, 6.45) is 3.08. The summed E-state index contributed by atoms with van der Waals surface area (Å²) in [6, 6.07) is 2.06. The molecule has 3 nitrogen and oxygen atoms in total. The summed E-state index contributed by atoms with van der Waals surface area (Å²) in [5.41, 5.74) is 1.13. The molecule has 2 heterocycles. The van der Waals surface area contributed by atoms with Crippen molar-refractivity contribution in [3.8, 4) is 0 Å². The minimum atomic E-state index is 0.337. The van der Waals surface area contributed by atoms with Crippen molar-refractivity contribution < 1.29 is 0 Å². The molecule has 0 aromatic carbocycles. The van der Waals surface area contributed by atoms with E-state index < -0.39 is 0 Å². The standard InChI is InChI=1S/C9H14ClN3/c1-12-4-3-9(11-12)7-13-5-2-8(10)6-13/h3-4,8H,2,5-7H2,1H3. The van der Waals surface area contributed by atoms with E-state index in [1.165, 1.54) is 0 Å². The first-order valence-corrected chi connectivity index (χ1v) is 5.02. The Morgan fingerprint density at radius 2 is 2.54 bits per heavy atom. The third-order valence-corrected chi connectivity index (χ3v) is 2.73. The van der Waals surface area contributed by atoms with Crippen molar-refractivity contribution in [2.24, 2.45) is 7.05 Å². The minimum Gasteiger partial charge on any atom is -0.296 e. The van der Waals surface area contributed by atoms with Gasteiger partial charge >= 0.3 is 0 Å². The lowest BCUT2D eigenvalue weighted by atomic mass is 10.4. The molecule has 0 aliphatic carbocycles. The van der Waals surface area contributed by atoms with Gasteiger partial charge in [0.15, 0.2) is 0 Å². The predicted octanol–water partition coefficient (Wildman–Crippen LogP) is 1.23. The van der Waals surface area contributed by atoms with Crippen molar-refractivity contribution in [2.45, 2.75) is 18.3 Å². The molecule has 0 spiro atoms. The average molecular weight is 200 g/mol. The van der Waals surface area contributed by atoms with Gasteiger partial charge in [-0.05, 0) is 12.5 Å². The molecule has 0 bridgehead atoms. The van der Waals surface area contributed by atoms with Crippen LogP contribution in [0.3, 0.4) is 0 Å². The average Bonchev–Trinajstić information content (AvgIpc) is 2.62. The Balaban J connectivity index is 1.91. The Kier molecular flexibility index (Phi) is 2.56. The van der Waals surface area contributed by atoms with E-state index in [1.807, 2.05) is 17.9 Å². The third-order valence-electron chi connectivity index (χ3n) is 2.37. The molecule has 1 fully saturated rings. The largest absolute Gasteiger partial charge is 0.296 e. The molecule has 1 unspecified atom stereocenters. The maximum atomic E-state index is 6.01. The van der Waals surface area contributed by atoms with Crippen LogP contribution in [0, 0.1) is 0 Å². The van der Waals surface area contributed by atoms with Crippen LogP contribution in [-0.4, -0.2) is 33.1 Å². The number of aryl methyl sites for hydroxylation is 1. The van der Waals surface area contributed by atoms with Crippen LogP contribution in [0.15, 0.2) is 12.3 Å². The fourth-order valence-corrected chi connectivity index (χ4v) is 2.00. The molecule has 1 aliphatic rings. The highest BCUT2D eigenvalue weighted by Crippen LogP contribution is 2.16. The zero-order chi connectivity index (χ0) is 9.26. The summed E-state index contributed by atoms with van der Waals surface area (Å²) < 4.78 is 1.84. The number of likely N-dealkylation sites (tertiary alicyclic amines) is 1.